The monoisotopic (exact) mass is 258 g/mol. The van der Waals surface area contributed by atoms with E-state index in [-0.39, 0.29) is 18.4 Å². The molecule has 0 aromatic rings. The second kappa shape index (κ2) is 8.91. The number of hydrogen-bond donors (Lipinski definition) is 3. The van der Waals surface area contributed by atoms with Gasteiger partial charge in [0.05, 0.1) is 5.92 Å². The Morgan fingerprint density at radius 1 is 1.33 bits per heavy atom. The minimum atomic E-state index is -0.865. The molecule has 0 rings (SSSR count). The Balaban J connectivity index is 4.05. The normalized spacial score (nSPS) is 14.3. The summed E-state index contributed by atoms with van der Waals surface area (Å²) in [6.07, 6.45) is 1.81. The van der Waals surface area contributed by atoms with Gasteiger partial charge in [-0.15, -0.1) is 0 Å². The maximum atomic E-state index is 11.7. The highest BCUT2D eigenvalue weighted by molar-refractivity contribution is 5.77. The summed E-state index contributed by atoms with van der Waals surface area (Å²) in [4.78, 5) is 22.5. The quantitative estimate of drug-likeness (QED) is 0.580. The number of hydrogen-bond acceptors (Lipinski definition) is 3. The molecular formula is C13H26N2O3. The fourth-order valence-electron chi connectivity index (χ4n) is 1.91. The lowest BCUT2D eigenvalue weighted by molar-refractivity contribution is -0.141. The lowest BCUT2D eigenvalue weighted by atomic mass is 9.94. The molecule has 0 spiro atoms. The van der Waals surface area contributed by atoms with E-state index in [1.165, 1.54) is 0 Å². The topological polar surface area (TPSA) is 92.4 Å². The first-order chi connectivity index (χ1) is 8.40. The number of aliphatic carboxylic acids is 1. The molecule has 0 bridgehead atoms. The highest BCUT2D eigenvalue weighted by Gasteiger charge is 2.18. The van der Waals surface area contributed by atoms with Crippen molar-refractivity contribution in [3.63, 3.8) is 0 Å². The van der Waals surface area contributed by atoms with Crippen molar-refractivity contribution in [2.24, 2.45) is 23.5 Å². The van der Waals surface area contributed by atoms with E-state index in [9.17, 15) is 9.59 Å². The predicted molar refractivity (Wildman–Crippen MR) is 71.0 cm³/mol. The van der Waals surface area contributed by atoms with Gasteiger partial charge < -0.3 is 16.2 Å². The van der Waals surface area contributed by atoms with Crippen molar-refractivity contribution < 1.29 is 14.7 Å². The molecule has 0 aromatic carbocycles. The number of amides is 1. The lowest BCUT2D eigenvalue weighted by Crippen LogP contribution is -2.34. The number of carboxylic acid groups (broad SMARTS) is 1. The molecular weight excluding hydrogens is 232 g/mol. The lowest BCUT2D eigenvalue weighted by Gasteiger charge is -2.17. The van der Waals surface area contributed by atoms with Crippen molar-refractivity contribution in [1.82, 2.24) is 5.32 Å². The van der Waals surface area contributed by atoms with Crippen LogP contribution in [0.4, 0.5) is 0 Å². The molecule has 0 aromatic heterocycles. The second-order valence-electron chi connectivity index (χ2n) is 5.18. The molecule has 4 N–H and O–H groups in total. The van der Waals surface area contributed by atoms with Gasteiger partial charge in [-0.3, -0.25) is 9.59 Å². The van der Waals surface area contributed by atoms with Gasteiger partial charge in [0.1, 0.15) is 0 Å². The minimum absolute atomic E-state index is 0.106. The Morgan fingerprint density at radius 2 is 1.94 bits per heavy atom. The van der Waals surface area contributed by atoms with Crippen LogP contribution >= 0.6 is 0 Å². The molecule has 0 heterocycles. The van der Waals surface area contributed by atoms with Crippen molar-refractivity contribution in [3.05, 3.63) is 0 Å². The molecule has 2 unspecified atom stereocenters. The summed E-state index contributed by atoms with van der Waals surface area (Å²) in [5.74, 6) is -0.791. The average Bonchev–Trinajstić information content (AvgIpc) is 2.27. The van der Waals surface area contributed by atoms with E-state index in [4.69, 9.17) is 10.8 Å². The average molecular weight is 258 g/mol. The number of carbonyl (C=O) groups excluding carboxylic acids is 1. The zero-order valence-corrected chi connectivity index (χ0v) is 11.6. The third-order valence-corrected chi connectivity index (χ3v) is 3.00. The van der Waals surface area contributed by atoms with Gasteiger partial charge in [0.2, 0.25) is 5.91 Å². The van der Waals surface area contributed by atoms with Crippen LogP contribution in [0, 0.1) is 17.8 Å². The van der Waals surface area contributed by atoms with Crippen LogP contribution in [0.5, 0.6) is 0 Å². The molecule has 106 valence electrons. The van der Waals surface area contributed by atoms with E-state index in [1.807, 2.05) is 0 Å². The van der Waals surface area contributed by atoms with Crippen LogP contribution in [0.1, 0.15) is 40.0 Å². The van der Waals surface area contributed by atoms with Gasteiger partial charge in [0.15, 0.2) is 0 Å². The molecule has 1 amide bonds. The Morgan fingerprint density at radius 3 is 2.33 bits per heavy atom. The summed E-state index contributed by atoms with van der Waals surface area (Å²) in [5.41, 5.74) is 5.63. The molecule has 5 heteroatoms. The number of carboxylic acids is 1. The van der Waals surface area contributed by atoms with E-state index in [0.717, 1.165) is 6.42 Å². The molecule has 18 heavy (non-hydrogen) atoms. The van der Waals surface area contributed by atoms with E-state index in [2.05, 4.69) is 19.2 Å². The van der Waals surface area contributed by atoms with Gasteiger partial charge in [-0.05, 0) is 31.2 Å². The maximum Gasteiger partial charge on any atom is 0.308 e. The van der Waals surface area contributed by atoms with E-state index in [1.54, 1.807) is 6.92 Å². The van der Waals surface area contributed by atoms with Gasteiger partial charge in [-0.25, -0.2) is 0 Å². The van der Waals surface area contributed by atoms with Crippen molar-refractivity contribution in [2.75, 3.05) is 13.1 Å². The largest absolute Gasteiger partial charge is 0.481 e. The summed E-state index contributed by atoms with van der Waals surface area (Å²) >= 11 is 0. The Hall–Kier alpha value is -1.10. The van der Waals surface area contributed by atoms with Crippen molar-refractivity contribution in [3.8, 4) is 0 Å². The summed E-state index contributed by atoms with van der Waals surface area (Å²) < 4.78 is 0. The van der Waals surface area contributed by atoms with Crippen LogP contribution in [0.2, 0.25) is 0 Å². The first-order valence-corrected chi connectivity index (χ1v) is 6.60. The molecule has 0 aliphatic rings. The van der Waals surface area contributed by atoms with Crippen LogP contribution in [-0.4, -0.2) is 30.1 Å². The van der Waals surface area contributed by atoms with Crippen molar-refractivity contribution >= 4 is 11.9 Å². The fourth-order valence-corrected chi connectivity index (χ4v) is 1.91. The molecule has 0 fully saturated rings. The van der Waals surface area contributed by atoms with E-state index in [0.29, 0.717) is 25.3 Å². The molecule has 0 aliphatic carbocycles. The Bertz CT molecular complexity index is 267. The molecule has 0 saturated heterocycles. The minimum Gasteiger partial charge on any atom is -0.481 e. The summed E-state index contributed by atoms with van der Waals surface area (Å²) in [7, 11) is 0. The Labute approximate surface area is 109 Å². The van der Waals surface area contributed by atoms with Crippen molar-refractivity contribution in [1.29, 1.82) is 0 Å². The maximum absolute atomic E-state index is 11.7. The van der Waals surface area contributed by atoms with Crippen LogP contribution in [0.15, 0.2) is 0 Å². The number of nitrogens with two attached hydrogens (primary N) is 1. The number of carbonyl (C=O) groups is 2. The SMILES string of the molecule is CCC(CNC(=O)CC(CN)CC(C)C)C(=O)O. The summed E-state index contributed by atoms with van der Waals surface area (Å²) in [6.45, 7) is 6.67. The van der Waals surface area contributed by atoms with E-state index >= 15 is 0 Å². The zero-order chi connectivity index (χ0) is 14.1. The molecule has 0 aliphatic heterocycles. The molecule has 0 radical (unpaired) electrons. The highest BCUT2D eigenvalue weighted by Crippen LogP contribution is 2.14. The summed E-state index contributed by atoms with van der Waals surface area (Å²) in [6, 6.07) is 0. The second-order valence-corrected chi connectivity index (χ2v) is 5.18. The van der Waals surface area contributed by atoms with Gasteiger partial charge >= 0.3 is 5.97 Å². The van der Waals surface area contributed by atoms with Gasteiger partial charge in [0.25, 0.3) is 0 Å². The van der Waals surface area contributed by atoms with Crippen LogP contribution in [0.3, 0.4) is 0 Å². The van der Waals surface area contributed by atoms with E-state index < -0.39 is 11.9 Å². The molecule has 0 saturated carbocycles. The highest BCUT2D eigenvalue weighted by atomic mass is 16.4. The standard InChI is InChI=1S/C13H26N2O3/c1-4-11(13(17)18)8-15-12(16)6-10(7-14)5-9(2)3/h9-11H,4-8,14H2,1-3H3,(H,15,16)(H,17,18). The number of rotatable bonds is 9. The molecule has 2 atom stereocenters. The third kappa shape index (κ3) is 7.27. The van der Waals surface area contributed by atoms with Crippen LogP contribution < -0.4 is 11.1 Å². The van der Waals surface area contributed by atoms with Crippen LogP contribution in [0.25, 0.3) is 0 Å². The zero-order valence-electron chi connectivity index (χ0n) is 11.6. The van der Waals surface area contributed by atoms with Gasteiger partial charge in [-0.2, -0.15) is 0 Å². The van der Waals surface area contributed by atoms with Crippen LogP contribution in [-0.2, 0) is 9.59 Å². The molecule has 5 nitrogen and oxygen atoms in total. The summed E-state index contributed by atoms with van der Waals surface area (Å²) in [5, 5.41) is 11.5. The van der Waals surface area contributed by atoms with Gasteiger partial charge in [0, 0.05) is 13.0 Å². The predicted octanol–water partition coefficient (Wildman–Crippen LogP) is 1.22. The third-order valence-electron chi connectivity index (χ3n) is 3.00. The smallest absolute Gasteiger partial charge is 0.308 e. The first kappa shape index (κ1) is 16.9. The fraction of sp³-hybridized carbons (Fsp3) is 0.846. The van der Waals surface area contributed by atoms with Gasteiger partial charge in [-0.1, -0.05) is 20.8 Å². The van der Waals surface area contributed by atoms with Crippen molar-refractivity contribution in [2.45, 2.75) is 40.0 Å². The first-order valence-electron chi connectivity index (χ1n) is 6.60. The Kier molecular flexibility index (Phi) is 8.37. The number of nitrogens with one attached hydrogen (secondary N) is 1.